The third kappa shape index (κ3) is 8.60. The standard InChI is InChI=1S/C16H30N4O.HI/c1-4-5-9-12-20(3)16(17-2)18-13-15(21)19-14-10-7-6-8-11-14;/h4,14H,1,5-13H2,2-3H3,(H,17,18)(H,19,21);1H. The Morgan fingerprint density at radius 2 is 2.05 bits per heavy atom. The topological polar surface area (TPSA) is 56.7 Å². The Hall–Kier alpha value is -0.790. The molecule has 0 heterocycles. The SMILES string of the molecule is C=CCCCN(C)C(=NC)NCC(=O)NC1CCCCC1.I. The molecule has 0 radical (unpaired) electrons. The van der Waals surface area contributed by atoms with E-state index < -0.39 is 0 Å². The average Bonchev–Trinajstić information content (AvgIpc) is 2.49. The Kier molecular flexibility index (Phi) is 12.3. The van der Waals surface area contributed by atoms with Crippen molar-refractivity contribution in [3.63, 3.8) is 0 Å². The number of amides is 1. The summed E-state index contributed by atoms with van der Waals surface area (Å²) in [5.74, 6) is 0.820. The van der Waals surface area contributed by atoms with Gasteiger partial charge in [-0.05, 0) is 25.7 Å². The van der Waals surface area contributed by atoms with Gasteiger partial charge in [-0.3, -0.25) is 9.79 Å². The highest BCUT2D eigenvalue weighted by Gasteiger charge is 2.16. The minimum absolute atomic E-state index is 0. The number of aliphatic imine (C=N–C) groups is 1. The van der Waals surface area contributed by atoms with Crippen LogP contribution in [0.3, 0.4) is 0 Å². The number of unbranched alkanes of at least 4 members (excludes halogenated alkanes) is 1. The molecule has 0 spiro atoms. The molecule has 6 heteroatoms. The lowest BCUT2D eigenvalue weighted by Gasteiger charge is -2.24. The van der Waals surface area contributed by atoms with E-state index in [4.69, 9.17) is 0 Å². The highest BCUT2D eigenvalue weighted by Crippen LogP contribution is 2.17. The van der Waals surface area contributed by atoms with Gasteiger partial charge in [0.15, 0.2) is 5.96 Å². The molecule has 0 aromatic rings. The number of halogens is 1. The molecular weight excluding hydrogens is 391 g/mol. The molecule has 1 saturated carbocycles. The minimum Gasteiger partial charge on any atom is -0.352 e. The summed E-state index contributed by atoms with van der Waals surface area (Å²) in [5, 5.41) is 6.22. The zero-order valence-electron chi connectivity index (χ0n) is 13.9. The third-order valence-electron chi connectivity index (χ3n) is 3.85. The Morgan fingerprint density at radius 1 is 1.36 bits per heavy atom. The highest BCUT2D eigenvalue weighted by molar-refractivity contribution is 14.0. The molecule has 1 rings (SSSR count). The second-order valence-corrected chi connectivity index (χ2v) is 5.66. The van der Waals surface area contributed by atoms with Crippen LogP contribution in [0, 0.1) is 0 Å². The first-order valence-electron chi connectivity index (χ1n) is 7.99. The van der Waals surface area contributed by atoms with Crippen molar-refractivity contribution in [3.05, 3.63) is 12.7 Å². The number of nitrogens with zero attached hydrogens (tertiary/aromatic N) is 2. The maximum atomic E-state index is 12.0. The molecule has 0 atom stereocenters. The quantitative estimate of drug-likeness (QED) is 0.218. The smallest absolute Gasteiger partial charge is 0.239 e. The van der Waals surface area contributed by atoms with Crippen molar-refractivity contribution in [2.45, 2.75) is 51.0 Å². The first-order chi connectivity index (χ1) is 10.2. The maximum Gasteiger partial charge on any atom is 0.239 e. The minimum atomic E-state index is 0. The number of hydrogen-bond donors (Lipinski definition) is 2. The molecule has 22 heavy (non-hydrogen) atoms. The van der Waals surface area contributed by atoms with E-state index in [1.165, 1.54) is 19.3 Å². The van der Waals surface area contributed by atoms with Crippen molar-refractivity contribution in [1.82, 2.24) is 15.5 Å². The number of allylic oxidation sites excluding steroid dienone is 1. The molecule has 0 aromatic heterocycles. The fourth-order valence-corrected chi connectivity index (χ4v) is 2.65. The summed E-state index contributed by atoms with van der Waals surface area (Å²) >= 11 is 0. The lowest BCUT2D eigenvalue weighted by molar-refractivity contribution is -0.120. The van der Waals surface area contributed by atoms with Gasteiger partial charge in [-0.25, -0.2) is 0 Å². The molecule has 0 saturated heterocycles. The molecule has 0 aliphatic heterocycles. The van der Waals surface area contributed by atoms with Gasteiger partial charge in [-0.1, -0.05) is 25.3 Å². The molecule has 0 bridgehead atoms. The molecule has 1 amide bonds. The maximum absolute atomic E-state index is 12.0. The molecule has 1 fully saturated rings. The summed E-state index contributed by atoms with van der Waals surface area (Å²) in [7, 11) is 3.73. The van der Waals surface area contributed by atoms with Gasteiger partial charge in [-0.2, -0.15) is 0 Å². The number of carbonyl (C=O) groups is 1. The summed E-state index contributed by atoms with van der Waals surface area (Å²) in [4.78, 5) is 18.2. The number of rotatable bonds is 7. The Morgan fingerprint density at radius 3 is 2.64 bits per heavy atom. The lowest BCUT2D eigenvalue weighted by atomic mass is 9.95. The van der Waals surface area contributed by atoms with E-state index >= 15 is 0 Å². The molecule has 0 unspecified atom stereocenters. The third-order valence-corrected chi connectivity index (χ3v) is 3.85. The first-order valence-corrected chi connectivity index (χ1v) is 7.99. The molecule has 0 aromatic carbocycles. The van der Waals surface area contributed by atoms with Crippen LogP contribution in [-0.4, -0.2) is 50.0 Å². The lowest BCUT2D eigenvalue weighted by Crippen LogP contribution is -2.46. The molecular formula is C16H31IN4O. The second-order valence-electron chi connectivity index (χ2n) is 5.66. The summed E-state index contributed by atoms with van der Waals surface area (Å²) in [6, 6.07) is 0.361. The van der Waals surface area contributed by atoms with Crippen molar-refractivity contribution >= 4 is 35.8 Å². The van der Waals surface area contributed by atoms with Crippen molar-refractivity contribution in [2.75, 3.05) is 27.2 Å². The predicted octanol–water partition coefficient (Wildman–Crippen LogP) is 2.53. The molecule has 1 aliphatic rings. The summed E-state index contributed by atoms with van der Waals surface area (Å²) in [5.41, 5.74) is 0. The van der Waals surface area contributed by atoms with Gasteiger partial charge < -0.3 is 15.5 Å². The molecule has 5 nitrogen and oxygen atoms in total. The van der Waals surface area contributed by atoms with Crippen LogP contribution in [0.4, 0.5) is 0 Å². The molecule has 2 N–H and O–H groups in total. The first kappa shape index (κ1) is 21.2. The predicted molar refractivity (Wildman–Crippen MR) is 104 cm³/mol. The van der Waals surface area contributed by atoms with E-state index in [2.05, 4.69) is 22.2 Å². The monoisotopic (exact) mass is 422 g/mol. The van der Waals surface area contributed by atoms with Gasteiger partial charge in [0, 0.05) is 26.7 Å². The van der Waals surface area contributed by atoms with Crippen LogP contribution in [0.15, 0.2) is 17.6 Å². The number of hydrogen-bond acceptors (Lipinski definition) is 2. The van der Waals surface area contributed by atoms with Crippen LogP contribution in [0.1, 0.15) is 44.9 Å². The molecule has 128 valence electrons. The van der Waals surface area contributed by atoms with E-state index in [0.29, 0.717) is 6.04 Å². The van der Waals surface area contributed by atoms with Crippen molar-refractivity contribution < 1.29 is 4.79 Å². The summed E-state index contributed by atoms with van der Waals surface area (Å²) < 4.78 is 0. The average molecular weight is 422 g/mol. The van der Waals surface area contributed by atoms with Crippen LogP contribution >= 0.6 is 24.0 Å². The largest absolute Gasteiger partial charge is 0.352 e. The van der Waals surface area contributed by atoms with Crippen LogP contribution in [0.25, 0.3) is 0 Å². The zero-order chi connectivity index (χ0) is 15.5. The highest BCUT2D eigenvalue weighted by atomic mass is 127. The van der Waals surface area contributed by atoms with E-state index in [9.17, 15) is 4.79 Å². The normalized spacial score (nSPS) is 15.6. The summed E-state index contributed by atoms with van der Waals surface area (Å²) in [6.45, 7) is 4.91. The number of guanidine groups is 1. The summed E-state index contributed by atoms with van der Waals surface area (Å²) in [6.07, 6.45) is 9.93. The van der Waals surface area contributed by atoms with Crippen molar-refractivity contribution in [1.29, 1.82) is 0 Å². The van der Waals surface area contributed by atoms with E-state index in [0.717, 1.165) is 38.2 Å². The fraction of sp³-hybridized carbons (Fsp3) is 0.750. The van der Waals surface area contributed by atoms with E-state index in [-0.39, 0.29) is 36.4 Å². The van der Waals surface area contributed by atoms with E-state index in [1.54, 1.807) is 7.05 Å². The van der Waals surface area contributed by atoms with Gasteiger partial charge in [0.2, 0.25) is 5.91 Å². The van der Waals surface area contributed by atoms with Crippen LogP contribution in [0.5, 0.6) is 0 Å². The van der Waals surface area contributed by atoms with Gasteiger partial charge in [0.05, 0.1) is 6.54 Å². The van der Waals surface area contributed by atoms with Crippen molar-refractivity contribution in [3.8, 4) is 0 Å². The van der Waals surface area contributed by atoms with Crippen molar-refractivity contribution in [2.24, 2.45) is 4.99 Å². The van der Waals surface area contributed by atoms with Gasteiger partial charge in [0.1, 0.15) is 0 Å². The Balaban J connectivity index is 0.00000441. The van der Waals surface area contributed by atoms with Crippen LogP contribution < -0.4 is 10.6 Å². The zero-order valence-corrected chi connectivity index (χ0v) is 16.3. The fourth-order valence-electron chi connectivity index (χ4n) is 2.65. The Bertz CT molecular complexity index is 354. The van der Waals surface area contributed by atoms with Crippen LogP contribution in [0.2, 0.25) is 0 Å². The number of nitrogens with one attached hydrogen (secondary N) is 2. The van der Waals surface area contributed by atoms with E-state index in [1.807, 2.05) is 18.0 Å². The molecule has 1 aliphatic carbocycles. The van der Waals surface area contributed by atoms with Crippen LogP contribution in [-0.2, 0) is 4.79 Å². The Labute approximate surface area is 152 Å². The number of carbonyl (C=O) groups excluding carboxylic acids is 1. The second kappa shape index (κ2) is 12.7. The van der Waals surface area contributed by atoms with Gasteiger partial charge in [0.25, 0.3) is 0 Å². The van der Waals surface area contributed by atoms with Gasteiger partial charge >= 0.3 is 0 Å². The van der Waals surface area contributed by atoms with Gasteiger partial charge in [-0.15, -0.1) is 30.6 Å².